The average Bonchev–Trinajstić information content (AvgIpc) is 2.53. The van der Waals surface area contributed by atoms with E-state index in [0.29, 0.717) is 31.6 Å². The molecule has 0 aromatic heterocycles. The number of amides is 2. The van der Waals surface area contributed by atoms with Gasteiger partial charge in [0, 0.05) is 13.1 Å². The number of para-hydroxylation sites is 2. The summed E-state index contributed by atoms with van der Waals surface area (Å²) in [6, 6.07) is 7.04. The summed E-state index contributed by atoms with van der Waals surface area (Å²) in [5.41, 5.74) is 1.42. The number of hydrogen-bond donors (Lipinski definition) is 2. The van der Waals surface area contributed by atoms with E-state index in [1.807, 2.05) is 25.1 Å². The van der Waals surface area contributed by atoms with Crippen LogP contribution in [-0.2, 0) is 9.59 Å². The maximum Gasteiger partial charge on any atom is 0.244 e. The topological polar surface area (TPSA) is 72.9 Å². The molecule has 2 aliphatic heterocycles. The van der Waals surface area contributed by atoms with Crippen molar-refractivity contribution in [2.45, 2.75) is 31.9 Å². The van der Waals surface area contributed by atoms with Crippen molar-refractivity contribution >= 4 is 23.2 Å². The lowest BCUT2D eigenvalue weighted by Gasteiger charge is -2.37. The highest BCUT2D eigenvalue weighted by atomic mass is 16.3. The number of likely N-dealkylation sites (tertiary alicyclic amines) is 1. The van der Waals surface area contributed by atoms with Crippen LogP contribution in [0.2, 0.25) is 0 Å². The van der Waals surface area contributed by atoms with Crippen molar-refractivity contribution in [2.24, 2.45) is 0 Å². The molecule has 1 fully saturated rings. The van der Waals surface area contributed by atoms with Gasteiger partial charge in [-0.3, -0.25) is 19.4 Å². The quantitative estimate of drug-likeness (QED) is 0.848. The van der Waals surface area contributed by atoms with Crippen molar-refractivity contribution < 1.29 is 14.7 Å². The molecular formula is C16H21N3O3. The van der Waals surface area contributed by atoms with Gasteiger partial charge in [-0.1, -0.05) is 12.1 Å². The molecule has 1 aromatic carbocycles. The van der Waals surface area contributed by atoms with Crippen LogP contribution in [0.1, 0.15) is 19.8 Å². The van der Waals surface area contributed by atoms with Crippen LogP contribution in [0.5, 0.6) is 0 Å². The van der Waals surface area contributed by atoms with Gasteiger partial charge in [0.25, 0.3) is 0 Å². The second-order valence-corrected chi connectivity index (χ2v) is 5.93. The number of fused-ring (bicyclic) bond motifs is 1. The standard InChI is InChI=1S/C16H21N3O3/c1-11(18-8-6-12(20)7-9-18)16(22)19-10-15(21)17-13-4-2-3-5-14(13)19/h2-5,11-12,20H,6-10H2,1H3,(H,17,21)/t11-/m0/s1. The number of carbonyl (C=O) groups is 2. The molecule has 6 heteroatoms. The Balaban J connectivity index is 1.78. The molecule has 6 nitrogen and oxygen atoms in total. The lowest BCUT2D eigenvalue weighted by molar-refractivity contribution is -0.126. The highest BCUT2D eigenvalue weighted by Crippen LogP contribution is 2.30. The summed E-state index contributed by atoms with van der Waals surface area (Å²) in [7, 11) is 0. The molecule has 3 rings (SSSR count). The summed E-state index contributed by atoms with van der Waals surface area (Å²) in [6.07, 6.45) is 1.11. The maximum atomic E-state index is 12.8. The fourth-order valence-corrected chi connectivity index (χ4v) is 3.08. The van der Waals surface area contributed by atoms with Gasteiger partial charge in [-0.05, 0) is 31.9 Å². The fourth-order valence-electron chi connectivity index (χ4n) is 3.08. The summed E-state index contributed by atoms with van der Waals surface area (Å²) in [5, 5.41) is 12.4. The van der Waals surface area contributed by atoms with Crippen molar-refractivity contribution in [3.05, 3.63) is 24.3 Å². The van der Waals surface area contributed by atoms with Crippen LogP contribution < -0.4 is 10.2 Å². The predicted octanol–water partition coefficient (Wildman–Crippen LogP) is 0.817. The zero-order valence-corrected chi connectivity index (χ0v) is 12.7. The molecule has 1 aromatic rings. The van der Waals surface area contributed by atoms with Crippen LogP contribution in [0.15, 0.2) is 24.3 Å². The first-order valence-electron chi connectivity index (χ1n) is 7.68. The van der Waals surface area contributed by atoms with Crippen LogP contribution in [-0.4, -0.2) is 53.6 Å². The van der Waals surface area contributed by atoms with E-state index in [-0.39, 0.29) is 30.5 Å². The Morgan fingerprint density at radius 2 is 2.00 bits per heavy atom. The zero-order chi connectivity index (χ0) is 15.7. The molecule has 2 N–H and O–H groups in total. The second-order valence-electron chi connectivity index (χ2n) is 5.93. The number of nitrogens with one attached hydrogen (secondary N) is 1. The van der Waals surface area contributed by atoms with E-state index in [2.05, 4.69) is 10.2 Å². The van der Waals surface area contributed by atoms with Gasteiger partial charge in [-0.15, -0.1) is 0 Å². The number of rotatable bonds is 2. The lowest BCUT2D eigenvalue weighted by Crippen LogP contribution is -2.53. The van der Waals surface area contributed by atoms with Crippen LogP contribution in [0.4, 0.5) is 11.4 Å². The Bertz CT molecular complexity index is 582. The number of carbonyl (C=O) groups excluding carboxylic acids is 2. The average molecular weight is 303 g/mol. The van der Waals surface area contributed by atoms with Gasteiger partial charge in [0.15, 0.2) is 0 Å². The molecule has 2 heterocycles. The second kappa shape index (κ2) is 6.06. The molecule has 0 aliphatic carbocycles. The smallest absolute Gasteiger partial charge is 0.244 e. The molecule has 0 spiro atoms. The normalized spacial score (nSPS) is 21.2. The molecule has 2 aliphatic rings. The molecule has 0 unspecified atom stereocenters. The van der Waals surface area contributed by atoms with E-state index < -0.39 is 0 Å². The van der Waals surface area contributed by atoms with E-state index in [4.69, 9.17) is 0 Å². The van der Waals surface area contributed by atoms with Crippen molar-refractivity contribution in [1.82, 2.24) is 4.90 Å². The van der Waals surface area contributed by atoms with E-state index in [9.17, 15) is 14.7 Å². The molecule has 0 saturated carbocycles. The largest absolute Gasteiger partial charge is 0.393 e. The highest BCUT2D eigenvalue weighted by Gasteiger charge is 2.33. The van der Waals surface area contributed by atoms with Gasteiger partial charge in [-0.2, -0.15) is 0 Å². The predicted molar refractivity (Wildman–Crippen MR) is 83.7 cm³/mol. The summed E-state index contributed by atoms with van der Waals surface area (Å²) in [6.45, 7) is 3.33. The van der Waals surface area contributed by atoms with E-state index in [1.54, 1.807) is 11.0 Å². The zero-order valence-electron chi connectivity index (χ0n) is 12.7. The molecule has 1 atom stereocenters. The summed E-state index contributed by atoms with van der Waals surface area (Å²) < 4.78 is 0. The van der Waals surface area contributed by atoms with Crippen LogP contribution >= 0.6 is 0 Å². The molecule has 0 radical (unpaired) electrons. The van der Waals surface area contributed by atoms with Crippen LogP contribution in [0.3, 0.4) is 0 Å². The van der Waals surface area contributed by atoms with Gasteiger partial charge >= 0.3 is 0 Å². The monoisotopic (exact) mass is 303 g/mol. The molecule has 118 valence electrons. The Morgan fingerprint density at radius 3 is 2.73 bits per heavy atom. The first-order valence-corrected chi connectivity index (χ1v) is 7.68. The van der Waals surface area contributed by atoms with Crippen molar-refractivity contribution in [3.63, 3.8) is 0 Å². The van der Waals surface area contributed by atoms with E-state index in [0.717, 1.165) is 5.69 Å². The summed E-state index contributed by atoms with van der Waals surface area (Å²) in [4.78, 5) is 28.3. The summed E-state index contributed by atoms with van der Waals surface area (Å²) >= 11 is 0. The Hall–Kier alpha value is -1.92. The Kier molecular flexibility index (Phi) is 4.13. The number of aliphatic hydroxyl groups excluding tert-OH is 1. The SMILES string of the molecule is C[C@@H](C(=O)N1CC(=O)Nc2ccccc21)N1CCC(O)CC1. The van der Waals surface area contributed by atoms with Crippen LogP contribution in [0, 0.1) is 0 Å². The number of nitrogens with zero attached hydrogens (tertiary/aromatic N) is 2. The van der Waals surface area contributed by atoms with Gasteiger partial charge in [-0.25, -0.2) is 0 Å². The lowest BCUT2D eigenvalue weighted by atomic mass is 10.1. The number of hydrogen-bond acceptors (Lipinski definition) is 4. The van der Waals surface area contributed by atoms with Crippen LogP contribution in [0.25, 0.3) is 0 Å². The molecule has 1 saturated heterocycles. The van der Waals surface area contributed by atoms with Gasteiger partial charge in [0.05, 0.1) is 23.5 Å². The van der Waals surface area contributed by atoms with Crippen molar-refractivity contribution in [2.75, 3.05) is 29.9 Å². The van der Waals surface area contributed by atoms with E-state index >= 15 is 0 Å². The maximum absolute atomic E-state index is 12.8. The Morgan fingerprint density at radius 1 is 1.32 bits per heavy atom. The Labute approximate surface area is 129 Å². The number of piperidine rings is 1. The summed E-state index contributed by atoms with van der Waals surface area (Å²) in [5.74, 6) is -0.244. The first-order chi connectivity index (χ1) is 10.6. The third-order valence-corrected chi connectivity index (χ3v) is 4.44. The number of benzene rings is 1. The molecule has 0 bridgehead atoms. The highest BCUT2D eigenvalue weighted by molar-refractivity contribution is 6.11. The third-order valence-electron chi connectivity index (χ3n) is 4.44. The van der Waals surface area contributed by atoms with Gasteiger partial charge in [0.2, 0.25) is 11.8 Å². The third kappa shape index (κ3) is 2.84. The minimum Gasteiger partial charge on any atom is -0.393 e. The number of aliphatic hydroxyl groups is 1. The van der Waals surface area contributed by atoms with Gasteiger partial charge < -0.3 is 10.4 Å². The first kappa shape index (κ1) is 15.0. The fraction of sp³-hybridized carbons (Fsp3) is 0.500. The minimum absolute atomic E-state index is 0.0522. The van der Waals surface area contributed by atoms with Gasteiger partial charge in [0.1, 0.15) is 6.54 Å². The molecule has 22 heavy (non-hydrogen) atoms. The minimum atomic E-state index is -0.300. The van der Waals surface area contributed by atoms with E-state index in [1.165, 1.54) is 0 Å². The van der Waals surface area contributed by atoms with Crippen molar-refractivity contribution in [1.29, 1.82) is 0 Å². The number of anilines is 2. The molecular weight excluding hydrogens is 282 g/mol. The molecule has 2 amide bonds. The van der Waals surface area contributed by atoms with Crippen molar-refractivity contribution in [3.8, 4) is 0 Å².